The summed E-state index contributed by atoms with van der Waals surface area (Å²) in [6, 6.07) is 5.54. The number of hydrogen-bond donors (Lipinski definition) is 8. The Labute approximate surface area is 344 Å². The van der Waals surface area contributed by atoms with E-state index in [4.69, 9.17) is 55.8 Å². The molecule has 0 saturated heterocycles. The highest BCUT2D eigenvalue weighted by Crippen LogP contribution is 2.66. The molecule has 2 aromatic rings. The number of rotatable bonds is 25. The van der Waals surface area contributed by atoms with Gasteiger partial charge >= 0.3 is 29.2 Å². The summed E-state index contributed by atoms with van der Waals surface area (Å²) >= 11 is 0. The first-order valence-electron chi connectivity index (χ1n) is 17.3. The highest BCUT2D eigenvalue weighted by molar-refractivity contribution is 7.66. The summed E-state index contributed by atoms with van der Waals surface area (Å²) in [5.41, 5.74) is 28.4. The smallest absolute Gasteiger partial charge is 0.490 e. The number of anilines is 1. The van der Waals surface area contributed by atoms with Gasteiger partial charge in [0.05, 0.1) is 38.0 Å². The van der Waals surface area contributed by atoms with Gasteiger partial charge in [-0.2, -0.15) is 13.6 Å². The van der Waals surface area contributed by atoms with Gasteiger partial charge < -0.3 is 60.6 Å². The summed E-state index contributed by atoms with van der Waals surface area (Å²) in [5.74, 6) is 3.65. The third-order valence-corrected chi connectivity index (χ3v) is 11.5. The molecule has 0 radical (unpaired) electrons. The number of ether oxygens (including phenoxy) is 4. The highest BCUT2D eigenvalue weighted by Gasteiger charge is 2.43. The van der Waals surface area contributed by atoms with E-state index >= 15 is 0 Å². The Bertz CT molecular complexity index is 2210. The van der Waals surface area contributed by atoms with Crippen LogP contribution in [-0.4, -0.2) is 113 Å². The normalized spacial score (nSPS) is 18.5. The van der Waals surface area contributed by atoms with Crippen LogP contribution in [0.25, 0.3) is 20.9 Å². The number of nitrogens with two attached hydrogens (primary N) is 2. The predicted molar refractivity (Wildman–Crippen MR) is 206 cm³/mol. The number of carbonyl (C=O) groups excluding carboxylic acids is 2. The molecule has 29 nitrogen and oxygen atoms in total. The Balaban J connectivity index is 1.51. The molecule has 0 aliphatic heterocycles. The largest absolute Gasteiger partial charge is 0.491 e. The second-order valence-electron chi connectivity index (χ2n) is 12.1. The Hall–Kier alpha value is -4.93. The topological polar surface area (TPSA) is 439 Å². The van der Waals surface area contributed by atoms with Crippen molar-refractivity contribution in [3.63, 3.8) is 0 Å². The van der Waals surface area contributed by atoms with E-state index in [-0.39, 0.29) is 63.0 Å². The molecule has 1 aliphatic rings. The maximum Gasteiger partial charge on any atom is 0.490 e. The van der Waals surface area contributed by atoms with Crippen LogP contribution in [0.3, 0.4) is 0 Å². The van der Waals surface area contributed by atoms with Crippen LogP contribution < -0.4 is 32.5 Å². The fourth-order valence-electron chi connectivity index (χ4n) is 5.25. The van der Waals surface area contributed by atoms with Crippen LogP contribution >= 0.6 is 23.5 Å². The van der Waals surface area contributed by atoms with Gasteiger partial charge in [0, 0.05) is 46.6 Å². The number of nitrogens with zero attached hydrogens (tertiary/aromatic N) is 8. The van der Waals surface area contributed by atoms with E-state index in [1.807, 2.05) is 0 Å². The minimum absolute atomic E-state index is 0.0107. The maximum atomic E-state index is 12.8. The maximum absolute atomic E-state index is 12.8. The number of amides is 2. The number of phosphoric acid groups is 3. The fraction of sp³-hybridized carbons (Fsp3) is 0.517. The third kappa shape index (κ3) is 18.7. The van der Waals surface area contributed by atoms with Gasteiger partial charge in [0.15, 0.2) is 6.23 Å². The standard InChI is InChI=1S/C29H41N12O17P3/c30-6-8-35-28(43)19-3-1-5-23(12-19)54-17-26(38-40-33)53-10-9-52-16-25(42)34-7-2-4-20-14-41(29(44)37-27(20)31)22-11-21(24(13-22)55-18-36-39-32)15-56-60(48,49)58-61(50,51)57-59(45,46)47/h1,3,5,12,14,21-22,24,26H,6-11,13,15-18,30H2,(H,34,42)(H,35,43)(H,48,49)(H,50,51)(H2,31,37,44)(H2,45,46,47)/t21-,22-,24?,26?/m1/s1. The Morgan fingerprint density at radius 2 is 1.85 bits per heavy atom. The van der Waals surface area contributed by atoms with Gasteiger partial charge in [-0.25, -0.2) is 18.5 Å². The molecule has 0 bridgehead atoms. The van der Waals surface area contributed by atoms with Crippen LogP contribution in [-0.2, 0) is 45.8 Å². The predicted octanol–water partition coefficient (Wildman–Crippen LogP) is 0.678. The van der Waals surface area contributed by atoms with E-state index in [0.29, 0.717) is 17.9 Å². The molecule has 1 aromatic heterocycles. The lowest BCUT2D eigenvalue weighted by Crippen LogP contribution is -2.29. The summed E-state index contributed by atoms with van der Waals surface area (Å²) in [5, 5.41) is 11.9. The lowest BCUT2D eigenvalue weighted by molar-refractivity contribution is -0.126. The molecule has 1 saturated carbocycles. The molecule has 1 aromatic carbocycles. The quantitative estimate of drug-likeness (QED) is 0.0169. The van der Waals surface area contributed by atoms with Crippen molar-refractivity contribution in [2.24, 2.45) is 21.9 Å². The van der Waals surface area contributed by atoms with Gasteiger partial charge in [-0.05, 0) is 42.1 Å². The number of aromatic nitrogens is 2. The van der Waals surface area contributed by atoms with E-state index in [9.17, 15) is 37.9 Å². The number of hydrogen-bond acceptors (Lipinski definition) is 18. The van der Waals surface area contributed by atoms with Gasteiger partial charge in [-0.15, -0.1) is 0 Å². The zero-order valence-corrected chi connectivity index (χ0v) is 34.3. The van der Waals surface area contributed by atoms with Gasteiger partial charge in [-0.1, -0.05) is 28.1 Å². The average Bonchev–Trinajstić information content (AvgIpc) is 3.58. The average molecular weight is 923 g/mol. The zero-order chi connectivity index (χ0) is 45.1. The minimum atomic E-state index is -5.78. The number of azide groups is 2. The summed E-state index contributed by atoms with van der Waals surface area (Å²) in [4.78, 5) is 83.1. The van der Waals surface area contributed by atoms with Crippen molar-refractivity contribution >= 4 is 41.1 Å². The molecule has 1 fully saturated rings. The molecule has 4 unspecified atom stereocenters. The Morgan fingerprint density at radius 1 is 1.08 bits per heavy atom. The lowest BCUT2D eigenvalue weighted by Gasteiger charge is -2.21. The lowest BCUT2D eigenvalue weighted by atomic mass is 10.1. The first-order chi connectivity index (χ1) is 28.8. The molecule has 0 spiro atoms. The Morgan fingerprint density at radius 3 is 2.56 bits per heavy atom. The van der Waals surface area contributed by atoms with Crippen molar-refractivity contribution in [2.45, 2.75) is 31.2 Å². The number of phosphoric ester groups is 1. The number of carbonyl (C=O) groups is 2. The molecule has 334 valence electrons. The summed E-state index contributed by atoms with van der Waals surface area (Å²) in [6.07, 6.45) is -0.711. The molecule has 6 atom stereocenters. The van der Waals surface area contributed by atoms with E-state index in [1.165, 1.54) is 12.3 Å². The molecule has 1 heterocycles. The molecule has 1 aliphatic carbocycles. The van der Waals surface area contributed by atoms with Crippen LogP contribution in [0.4, 0.5) is 5.82 Å². The van der Waals surface area contributed by atoms with Crippen molar-refractivity contribution in [1.82, 2.24) is 20.2 Å². The van der Waals surface area contributed by atoms with Crippen LogP contribution in [0.15, 0.2) is 45.5 Å². The molecule has 3 rings (SSSR count). The first kappa shape index (κ1) is 50.4. The van der Waals surface area contributed by atoms with Gasteiger partial charge in [0.2, 0.25) is 5.91 Å². The molecular formula is C29H41N12O17P3. The SMILES string of the molecule is [N-]=[N+]=NCOC1C[C@H](n2cc(C#CCNC(=O)COCCOC(COc3cccc(C(=O)NCCN)c3)N=[N+]=[N-])c(N)nc2=O)C[C@@H]1COP(=O)(O)OP(=O)(O)OP(=O)(O)O. The van der Waals surface area contributed by atoms with Crippen LogP contribution in [0.2, 0.25) is 0 Å². The monoisotopic (exact) mass is 922 g/mol. The summed E-state index contributed by atoms with van der Waals surface area (Å²) < 4.78 is 70.1. The van der Waals surface area contributed by atoms with Crippen molar-refractivity contribution < 1.29 is 75.0 Å². The van der Waals surface area contributed by atoms with E-state index in [1.54, 1.807) is 18.2 Å². The molecule has 10 N–H and O–H groups in total. The Kier molecular flexibility index (Phi) is 20.3. The summed E-state index contributed by atoms with van der Waals surface area (Å²) in [7, 11) is -16.9. The van der Waals surface area contributed by atoms with Crippen LogP contribution in [0, 0.1) is 17.8 Å². The summed E-state index contributed by atoms with van der Waals surface area (Å²) in [6.45, 7) is -1.59. The van der Waals surface area contributed by atoms with Crippen molar-refractivity contribution in [1.29, 1.82) is 0 Å². The molecular weight excluding hydrogens is 881 g/mol. The van der Waals surface area contributed by atoms with Gasteiger partial charge in [0.1, 0.15) is 31.5 Å². The van der Waals surface area contributed by atoms with Crippen LogP contribution in [0.1, 0.15) is 34.8 Å². The van der Waals surface area contributed by atoms with Gasteiger partial charge in [-0.3, -0.25) is 18.7 Å². The number of benzene rings is 1. The second kappa shape index (κ2) is 24.5. The molecule has 61 heavy (non-hydrogen) atoms. The second-order valence-corrected chi connectivity index (χ2v) is 16.5. The van der Waals surface area contributed by atoms with Crippen LogP contribution in [0.5, 0.6) is 5.75 Å². The third-order valence-electron chi connectivity index (χ3n) is 7.72. The first-order valence-corrected chi connectivity index (χ1v) is 21.9. The van der Waals surface area contributed by atoms with Crippen molar-refractivity contribution in [2.75, 3.05) is 65.1 Å². The van der Waals surface area contributed by atoms with Crippen molar-refractivity contribution in [3.8, 4) is 17.6 Å². The fourth-order valence-corrected chi connectivity index (χ4v) is 8.32. The molecule has 32 heteroatoms. The zero-order valence-electron chi connectivity index (χ0n) is 31.6. The van der Waals surface area contributed by atoms with Gasteiger partial charge in [0.25, 0.3) is 5.91 Å². The van der Waals surface area contributed by atoms with E-state index in [2.05, 4.69) is 56.1 Å². The number of nitrogen functional groups attached to an aromatic ring is 1. The van der Waals surface area contributed by atoms with Crippen molar-refractivity contribution in [3.05, 3.63) is 73.0 Å². The van der Waals surface area contributed by atoms with E-state index < -0.39 is 79.3 Å². The number of nitrogens with one attached hydrogen (secondary N) is 2. The molecule has 2 amide bonds. The minimum Gasteiger partial charge on any atom is -0.491 e. The highest BCUT2D eigenvalue weighted by atomic mass is 31.3. The van der Waals surface area contributed by atoms with E-state index in [0.717, 1.165) is 4.57 Å².